The third-order valence-electron chi connectivity index (χ3n) is 2.73. The molecule has 0 fully saturated rings. The smallest absolute Gasteiger partial charge is 0.269 e. The number of aromatic nitrogens is 1. The van der Waals surface area contributed by atoms with Crippen molar-refractivity contribution in [2.75, 3.05) is 12.4 Å². The van der Waals surface area contributed by atoms with Gasteiger partial charge in [-0.15, -0.1) is 0 Å². The number of hydrogen-bond acceptors (Lipinski definition) is 4. The quantitative estimate of drug-likeness (QED) is 0.730. The number of pyridine rings is 1. The number of carbonyl (C=O) groups is 1. The van der Waals surface area contributed by atoms with Gasteiger partial charge in [0.05, 0.1) is 11.6 Å². The molecule has 0 spiro atoms. The van der Waals surface area contributed by atoms with Gasteiger partial charge >= 0.3 is 0 Å². The number of hydrogen-bond donors (Lipinski definition) is 3. The van der Waals surface area contributed by atoms with Gasteiger partial charge in [-0.1, -0.05) is 0 Å². The van der Waals surface area contributed by atoms with E-state index in [0.29, 0.717) is 5.69 Å². The summed E-state index contributed by atoms with van der Waals surface area (Å²) in [5, 5.41) is 15.3. The fraction of sp³-hybridized carbons (Fsp3) is 0.500. The fourth-order valence-corrected chi connectivity index (χ4v) is 1.24. The molecular formula is C12H19N3O2. The molecule has 1 unspecified atom stereocenters. The highest BCUT2D eigenvalue weighted by atomic mass is 16.3. The third-order valence-corrected chi connectivity index (χ3v) is 2.73. The molecular weight excluding hydrogens is 218 g/mol. The number of aliphatic hydroxyl groups is 1. The molecule has 0 aliphatic rings. The van der Waals surface area contributed by atoms with Crippen molar-refractivity contribution in [2.24, 2.45) is 0 Å². The summed E-state index contributed by atoms with van der Waals surface area (Å²) in [6.07, 6.45) is 1.05. The normalized spacial score (nSPS) is 13.0. The summed E-state index contributed by atoms with van der Waals surface area (Å²) in [5.74, 6) is -0.233. The van der Waals surface area contributed by atoms with Crippen LogP contribution in [0.25, 0.3) is 0 Å². The van der Waals surface area contributed by atoms with Crippen molar-refractivity contribution in [3.8, 4) is 0 Å². The minimum atomic E-state index is -0.515. The Bertz CT molecular complexity index is 402. The lowest BCUT2D eigenvalue weighted by atomic mass is 9.98. The third kappa shape index (κ3) is 3.42. The highest BCUT2D eigenvalue weighted by molar-refractivity contribution is 5.92. The number of amides is 1. The van der Waals surface area contributed by atoms with Gasteiger partial charge < -0.3 is 15.7 Å². The number of anilines is 1. The molecule has 1 aromatic rings. The number of rotatable bonds is 4. The van der Waals surface area contributed by atoms with E-state index in [1.54, 1.807) is 32.3 Å². The fourth-order valence-electron chi connectivity index (χ4n) is 1.24. The second-order valence-corrected chi connectivity index (χ2v) is 4.53. The van der Waals surface area contributed by atoms with Crippen LogP contribution in [0, 0.1) is 0 Å². The maximum atomic E-state index is 11.4. The highest BCUT2D eigenvalue weighted by Gasteiger charge is 2.23. The van der Waals surface area contributed by atoms with Gasteiger partial charge in [0.1, 0.15) is 5.69 Å². The van der Waals surface area contributed by atoms with Crippen molar-refractivity contribution in [1.29, 1.82) is 0 Å². The van der Waals surface area contributed by atoms with Crippen molar-refractivity contribution in [1.82, 2.24) is 10.3 Å². The van der Waals surface area contributed by atoms with Gasteiger partial charge in [0, 0.05) is 18.9 Å². The molecule has 94 valence electrons. The molecule has 5 heteroatoms. The summed E-state index contributed by atoms with van der Waals surface area (Å²) in [7, 11) is 1.56. The van der Waals surface area contributed by atoms with Gasteiger partial charge in [0.25, 0.3) is 5.91 Å². The van der Waals surface area contributed by atoms with E-state index in [2.05, 4.69) is 15.6 Å². The molecule has 5 nitrogen and oxygen atoms in total. The summed E-state index contributed by atoms with van der Waals surface area (Å²) in [5.41, 5.74) is 0.629. The summed E-state index contributed by atoms with van der Waals surface area (Å²) in [6.45, 7) is 5.49. The lowest BCUT2D eigenvalue weighted by Crippen LogP contribution is -2.41. The summed E-state index contributed by atoms with van der Waals surface area (Å²) < 4.78 is 0. The van der Waals surface area contributed by atoms with Crippen LogP contribution in [-0.2, 0) is 0 Å². The minimum absolute atomic E-state index is 0.233. The molecule has 1 heterocycles. The molecule has 0 radical (unpaired) electrons. The largest absolute Gasteiger partial charge is 0.391 e. The maximum absolute atomic E-state index is 11.4. The van der Waals surface area contributed by atoms with Gasteiger partial charge in [-0.05, 0) is 32.9 Å². The highest BCUT2D eigenvalue weighted by Crippen LogP contribution is 2.18. The zero-order valence-corrected chi connectivity index (χ0v) is 10.6. The lowest BCUT2D eigenvalue weighted by Gasteiger charge is -2.30. The van der Waals surface area contributed by atoms with Crippen molar-refractivity contribution in [3.63, 3.8) is 0 Å². The second-order valence-electron chi connectivity index (χ2n) is 4.53. The van der Waals surface area contributed by atoms with E-state index in [9.17, 15) is 9.90 Å². The topological polar surface area (TPSA) is 74.2 Å². The number of carbonyl (C=O) groups excluding carboxylic acids is 1. The van der Waals surface area contributed by atoms with Crippen LogP contribution in [0.15, 0.2) is 18.3 Å². The number of aliphatic hydroxyl groups excluding tert-OH is 1. The van der Waals surface area contributed by atoms with Crippen LogP contribution in [0.4, 0.5) is 5.69 Å². The van der Waals surface area contributed by atoms with E-state index >= 15 is 0 Å². The monoisotopic (exact) mass is 237 g/mol. The molecule has 0 saturated carbocycles. The first-order chi connectivity index (χ1) is 7.86. The van der Waals surface area contributed by atoms with E-state index in [-0.39, 0.29) is 5.91 Å². The first-order valence-corrected chi connectivity index (χ1v) is 5.51. The van der Waals surface area contributed by atoms with Crippen molar-refractivity contribution in [2.45, 2.75) is 32.4 Å². The van der Waals surface area contributed by atoms with Gasteiger partial charge in [0.15, 0.2) is 0 Å². The van der Waals surface area contributed by atoms with E-state index in [1.165, 1.54) is 0 Å². The molecule has 0 aromatic carbocycles. The molecule has 1 aromatic heterocycles. The van der Waals surface area contributed by atoms with Crippen LogP contribution in [0.5, 0.6) is 0 Å². The minimum Gasteiger partial charge on any atom is -0.391 e. The lowest BCUT2D eigenvalue weighted by molar-refractivity contribution is 0.0958. The predicted octanol–water partition coefficient (Wildman–Crippen LogP) is 1.01. The van der Waals surface area contributed by atoms with E-state index in [0.717, 1.165) is 5.69 Å². The van der Waals surface area contributed by atoms with Crippen LogP contribution >= 0.6 is 0 Å². The Balaban J connectivity index is 2.90. The predicted molar refractivity (Wildman–Crippen MR) is 67.0 cm³/mol. The number of nitrogens with zero attached hydrogens (tertiary/aromatic N) is 1. The average molecular weight is 237 g/mol. The molecule has 1 amide bonds. The molecule has 0 aliphatic heterocycles. The molecule has 17 heavy (non-hydrogen) atoms. The Labute approximate surface area is 101 Å². The van der Waals surface area contributed by atoms with E-state index in [4.69, 9.17) is 0 Å². The van der Waals surface area contributed by atoms with Gasteiger partial charge in [0.2, 0.25) is 0 Å². The SMILES string of the molecule is CNC(=O)c1cc(NC(C)(C)C(C)O)ccn1. The van der Waals surface area contributed by atoms with Crippen LogP contribution in [-0.4, -0.2) is 34.7 Å². The van der Waals surface area contributed by atoms with Crippen molar-refractivity contribution >= 4 is 11.6 Å². The van der Waals surface area contributed by atoms with Crippen LogP contribution in [0.2, 0.25) is 0 Å². The Morgan fingerprint density at radius 2 is 2.18 bits per heavy atom. The van der Waals surface area contributed by atoms with E-state index < -0.39 is 11.6 Å². The van der Waals surface area contributed by atoms with Crippen LogP contribution in [0.1, 0.15) is 31.3 Å². The average Bonchev–Trinajstić information content (AvgIpc) is 2.27. The summed E-state index contributed by atoms with van der Waals surface area (Å²) >= 11 is 0. The second kappa shape index (κ2) is 5.14. The number of nitrogens with one attached hydrogen (secondary N) is 2. The van der Waals surface area contributed by atoms with Gasteiger partial charge in [-0.3, -0.25) is 9.78 Å². The van der Waals surface area contributed by atoms with Gasteiger partial charge in [-0.2, -0.15) is 0 Å². The van der Waals surface area contributed by atoms with Crippen molar-refractivity contribution in [3.05, 3.63) is 24.0 Å². The Morgan fingerprint density at radius 3 is 2.71 bits per heavy atom. The van der Waals surface area contributed by atoms with Crippen LogP contribution < -0.4 is 10.6 Å². The molecule has 1 atom stereocenters. The Hall–Kier alpha value is -1.62. The first-order valence-electron chi connectivity index (χ1n) is 5.51. The van der Waals surface area contributed by atoms with Crippen molar-refractivity contribution < 1.29 is 9.90 Å². The standard InChI is InChI=1S/C12H19N3O2/c1-8(16)12(2,3)15-9-5-6-14-10(7-9)11(17)13-4/h5-8,16H,1-4H3,(H,13,17)(H,14,15). The molecule has 0 aliphatic carbocycles. The van der Waals surface area contributed by atoms with E-state index in [1.807, 2.05) is 13.8 Å². The Kier molecular flexibility index (Phi) is 4.07. The van der Waals surface area contributed by atoms with Crippen LogP contribution in [0.3, 0.4) is 0 Å². The molecule has 1 rings (SSSR count). The molecule has 0 saturated heterocycles. The summed E-state index contributed by atoms with van der Waals surface area (Å²) in [6, 6.07) is 3.42. The maximum Gasteiger partial charge on any atom is 0.269 e. The zero-order valence-electron chi connectivity index (χ0n) is 10.6. The Morgan fingerprint density at radius 1 is 1.53 bits per heavy atom. The summed E-state index contributed by atoms with van der Waals surface area (Å²) in [4.78, 5) is 15.4. The molecule has 3 N–H and O–H groups in total. The van der Waals surface area contributed by atoms with Gasteiger partial charge in [-0.25, -0.2) is 0 Å². The zero-order chi connectivity index (χ0) is 13.1. The molecule has 0 bridgehead atoms. The first kappa shape index (κ1) is 13.4.